The van der Waals surface area contributed by atoms with E-state index in [2.05, 4.69) is 46.3 Å². The molecule has 0 saturated heterocycles. The molecule has 0 bridgehead atoms. The molecule has 0 saturated carbocycles. The first kappa shape index (κ1) is 14.6. The summed E-state index contributed by atoms with van der Waals surface area (Å²) < 4.78 is 2.41. The van der Waals surface area contributed by atoms with Crippen molar-refractivity contribution >= 4 is 33.2 Å². The van der Waals surface area contributed by atoms with E-state index in [0.717, 1.165) is 47.7 Å². The van der Waals surface area contributed by atoms with E-state index in [9.17, 15) is 4.79 Å². The van der Waals surface area contributed by atoms with Crippen LogP contribution < -0.4 is 5.32 Å². The molecule has 0 spiro atoms. The van der Waals surface area contributed by atoms with Gasteiger partial charge in [-0.3, -0.25) is 14.7 Å². The predicted octanol–water partition coefficient (Wildman–Crippen LogP) is 3.53. The molecular formula is C22H21N2O+. The van der Waals surface area contributed by atoms with Crippen molar-refractivity contribution in [1.82, 2.24) is 5.32 Å². The molecule has 124 valence electrons. The van der Waals surface area contributed by atoms with Gasteiger partial charge >= 0.3 is 0 Å². The lowest BCUT2D eigenvalue weighted by Gasteiger charge is -2.16. The number of rotatable bonds is 0. The van der Waals surface area contributed by atoms with Gasteiger partial charge in [0.15, 0.2) is 0 Å². The van der Waals surface area contributed by atoms with Gasteiger partial charge in [0, 0.05) is 12.0 Å². The summed E-state index contributed by atoms with van der Waals surface area (Å²) in [6, 6.07) is 16.9. The van der Waals surface area contributed by atoms with E-state index in [4.69, 9.17) is 0 Å². The average Bonchev–Trinajstić information content (AvgIpc) is 3.09. The van der Waals surface area contributed by atoms with E-state index in [1.165, 1.54) is 23.2 Å². The van der Waals surface area contributed by atoms with Gasteiger partial charge in [-0.2, -0.15) is 0 Å². The molecule has 0 aromatic heterocycles. The van der Waals surface area contributed by atoms with Crippen molar-refractivity contribution in [2.45, 2.75) is 19.3 Å². The van der Waals surface area contributed by atoms with Gasteiger partial charge in [-0.1, -0.05) is 42.5 Å². The van der Waals surface area contributed by atoms with Gasteiger partial charge in [0.1, 0.15) is 6.54 Å². The van der Waals surface area contributed by atoms with Crippen molar-refractivity contribution in [2.24, 2.45) is 0 Å². The van der Waals surface area contributed by atoms with Crippen molar-refractivity contribution in [2.75, 3.05) is 19.6 Å². The molecule has 0 atom stereocenters. The Morgan fingerprint density at radius 3 is 2.76 bits per heavy atom. The summed E-state index contributed by atoms with van der Waals surface area (Å²) in [6.45, 7) is 2.49. The molecule has 3 aromatic rings. The molecule has 0 aliphatic carbocycles. The summed E-state index contributed by atoms with van der Waals surface area (Å²) in [6.07, 6.45) is 3.21. The zero-order chi connectivity index (χ0) is 16.8. The van der Waals surface area contributed by atoms with Gasteiger partial charge in [0.2, 0.25) is 11.6 Å². The number of carbonyl (C=O) groups is 1. The van der Waals surface area contributed by atoms with E-state index in [1.807, 2.05) is 12.1 Å². The second-order valence-corrected chi connectivity index (χ2v) is 7.05. The molecule has 0 radical (unpaired) electrons. The molecule has 3 aromatic carbocycles. The van der Waals surface area contributed by atoms with Crippen LogP contribution in [0.5, 0.6) is 0 Å². The van der Waals surface area contributed by atoms with Gasteiger partial charge in [0.05, 0.1) is 19.5 Å². The van der Waals surface area contributed by atoms with Gasteiger partial charge in [-0.05, 0) is 39.6 Å². The van der Waals surface area contributed by atoms with Crippen molar-refractivity contribution in [1.29, 1.82) is 0 Å². The minimum absolute atomic E-state index is 0.190. The second-order valence-electron chi connectivity index (χ2n) is 7.05. The molecule has 0 fully saturated rings. The van der Waals surface area contributed by atoms with Crippen LogP contribution in [0.25, 0.3) is 21.5 Å². The third-order valence-electron chi connectivity index (χ3n) is 5.58. The fourth-order valence-corrected chi connectivity index (χ4v) is 4.40. The highest BCUT2D eigenvalue weighted by molar-refractivity contribution is 6.20. The minimum Gasteiger partial charge on any atom is -0.290 e. The van der Waals surface area contributed by atoms with Crippen LogP contribution in [0.3, 0.4) is 0 Å². The van der Waals surface area contributed by atoms with Crippen LogP contribution in [0, 0.1) is 0 Å². The first-order valence-corrected chi connectivity index (χ1v) is 9.12. The van der Waals surface area contributed by atoms with Gasteiger partial charge in [-0.25, -0.2) is 0 Å². The van der Waals surface area contributed by atoms with Crippen LogP contribution in [0.4, 0.5) is 0 Å². The van der Waals surface area contributed by atoms with Crippen LogP contribution in [0.2, 0.25) is 0 Å². The number of ketones is 1. The van der Waals surface area contributed by atoms with Crippen LogP contribution in [-0.2, 0) is 6.42 Å². The van der Waals surface area contributed by atoms with Crippen LogP contribution >= 0.6 is 0 Å². The number of benzene rings is 3. The van der Waals surface area contributed by atoms with Gasteiger partial charge in [-0.15, -0.1) is 0 Å². The Kier molecular flexibility index (Phi) is 3.34. The van der Waals surface area contributed by atoms with E-state index >= 15 is 0 Å². The number of nitrogens with zero attached hydrogens (tertiary/aromatic N) is 1. The highest BCUT2D eigenvalue weighted by atomic mass is 16.1. The van der Waals surface area contributed by atoms with Crippen LogP contribution in [-0.4, -0.2) is 35.8 Å². The maximum atomic E-state index is 13.2. The fourth-order valence-electron chi connectivity index (χ4n) is 4.40. The average molecular weight is 329 g/mol. The Hall–Kier alpha value is -2.68. The van der Waals surface area contributed by atoms with Crippen molar-refractivity contribution in [3.63, 3.8) is 0 Å². The molecule has 1 N–H and O–H groups in total. The molecule has 0 unspecified atom stereocenters. The summed E-state index contributed by atoms with van der Waals surface area (Å²) in [5.74, 6) is 1.43. The smallest absolute Gasteiger partial charge is 0.245 e. The molecule has 2 heterocycles. The summed E-state index contributed by atoms with van der Waals surface area (Å²) >= 11 is 0. The summed E-state index contributed by atoms with van der Waals surface area (Å²) in [4.78, 5) is 13.2. The van der Waals surface area contributed by atoms with Crippen molar-refractivity contribution in [3.8, 4) is 0 Å². The topological polar surface area (TPSA) is 32.1 Å². The maximum absolute atomic E-state index is 13.2. The predicted molar refractivity (Wildman–Crippen MR) is 102 cm³/mol. The summed E-state index contributed by atoms with van der Waals surface area (Å²) in [5, 5.41) is 7.97. The van der Waals surface area contributed by atoms with E-state index in [-0.39, 0.29) is 5.78 Å². The van der Waals surface area contributed by atoms with Crippen molar-refractivity contribution < 1.29 is 9.37 Å². The normalized spacial score (nSPS) is 17.7. The van der Waals surface area contributed by atoms with Crippen molar-refractivity contribution in [3.05, 3.63) is 59.7 Å². The molecule has 2 aliphatic rings. The number of hydrogen-bond donors (Lipinski definition) is 1. The quantitative estimate of drug-likeness (QED) is 0.505. The third-order valence-corrected chi connectivity index (χ3v) is 5.58. The molecule has 3 nitrogen and oxygen atoms in total. The Bertz CT molecular complexity index is 1050. The van der Waals surface area contributed by atoms with E-state index < -0.39 is 0 Å². The molecule has 25 heavy (non-hydrogen) atoms. The van der Waals surface area contributed by atoms with Gasteiger partial charge in [0.25, 0.3) is 0 Å². The molecule has 0 amide bonds. The Morgan fingerprint density at radius 2 is 1.80 bits per heavy atom. The number of amidine groups is 1. The van der Waals surface area contributed by atoms with Crippen LogP contribution in [0.15, 0.2) is 48.5 Å². The Balaban J connectivity index is 1.81. The molecule has 2 aliphatic heterocycles. The molecule has 5 rings (SSSR count). The number of hydrogen-bond acceptors (Lipinski definition) is 2. The number of nitrogens with one attached hydrogen (secondary N) is 1. The monoisotopic (exact) mass is 329 g/mol. The minimum atomic E-state index is 0.190. The fraction of sp³-hybridized carbons (Fsp3) is 0.273. The lowest BCUT2D eigenvalue weighted by atomic mass is 9.90. The number of fused-ring (bicyclic) bond motifs is 2. The zero-order valence-corrected chi connectivity index (χ0v) is 14.2. The Labute approximate surface area is 147 Å². The third kappa shape index (κ3) is 2.34. The van der Waals surface area contributed by atoms with E-state index in [0.29, 0.717) is 6.54 Å². The first-order valence-electron chi connectivity index (χ1n) is 9.12. The second kappa shape index (κ2) is 5.69. The van der Waals surface area contributed by atoms with Gasteiger partial charge < -0.3 is 0 Å². The highest BCUT2D eigenvalue weighted by Gasteiger charge is 2.25. The number of Topliss-reactive ketones (excluding diaryl/α,β-unsaturated/α-hetero) is 1. The first-order chi connectivity index (χ1) is 12.3. The SMILES string of the molecule is O=C1CNC2=[N+](CCC2)CCc2cccc3cc4ccccc4c1c23. The molecule has 3 heteroatoms. The molecular weight excluding hydrogens is 308 g/mol. The number of carbonyl (C=O) groups excluding carboxylic acids is 1. The summed E-state index contributed by atoms with van der Waals surface area (Å²) in [5.41, 5.74) is 2.18. The lowest BCUT2D eigenvalue weighted by molar-refractivity contribution is -0.521. The summed E-state index contributed by atoms with van der Waals surface area (Å²) in [7, 11) is 0. The standard InChI is InChI=1S/C22H20N2O/c25-19-14-23-20-9-4-11-24(20)12-10-15-6-3-7-17-13-16-5-1-2-8-18(16)22(19)21(15)17/h1-3,5-8,13H,4,9-12,14H2/p+1. The Morgan fingerprint density at radius 1 is 0.920 bits per heavy atom. The zero-order valence-electron chi connectivity index (χ0n) is 14.2. The maximum Gasteiger partial charge on any atom is 0.245 e. The van der Waals surface area contributed by atoms with E-state index in [1.54, 1.807) is 0 Å². The largest absolute Gasteiger partial charge is 0.290 e. The highest BCUT2D eigenvalue weighted by Crippen LogP contribution is 2.32. The lowest BCUT2D eigenvalue weighted by Crippen LogP contribution is -2.35. The van der Waals surface area contributed by atoms with Crippen LogP contribution in [0.1, 0.15) is 28.8 Å².